The van der Waals surface area contributed by atoms with Gasteiger partial charge in [0, 0.05) is 29.8 Å². The zero-order valence-electron chi connectivity index (χ0n) is 16.8. The third-order valence-corrected chi connectivity index (χ3v) is 6.16. The summed E-state index contributed by atoms with van der Waals surface area (Å²) in [5, 5.41) is 5.98. The van der Waals surface area contributed by atoms with Crippen LogP contribution in [0.25, 0.3) is 16.8 Å². The number of ketones is 1. The first-order valence-electron chi connectivity index (χ1n) is 9.98. The molecule has 1 aliphatic rings. The molecule has 31 heavy (non-hydrogen) atoms. The van der Waals surface area contributed by atoms with Crippen LogP contribution in [-0.2, 0) is 17.8 Å². The van der Waals surface area contributed by atoms with Crippen LogP contribution in [-0.4, -0.2) is 27.5 Å². The number of rotatable bonds is 4. The van der Waals surface area contributed by atoms with Gasteiger partial charge in [0.25, 0.3) is 0 Å². The Morgan fingerprint density at radius 3 is 2.65 bits per heavy atom. The van der Waals surface area contributed by atoms with Crippen molar-refractivity contribution < 1.29 is 9.53 Å². The molecule has 2 aromatic carbocycles. The molecule has 2 aromatic heterocycles. The molecule has 156 valence electrons. The molecule has 0 amide bonds. The van der Waals surface area contributed by atoms with Crippen molar-refractivity contribution in [2.75, 3.05) is 7.11 Å². The van der Waals surface area contributed by atoms with E-state index in [1.165, 1.54) is 0 Å². The van der Waals surface area contributed by atoms with Crippen LogP contribution in [0.4, 0.5) is 0 Å². The molecule has 2 heterocycles. The fourth-order valence-corrected chi connectivity index (χ4v) is 4.55. The predicted octanol–water partition coefficient (Wildman–Crippen LogP) is 5.76. The van der Waals surface area contributed by atoms with Gasteiger partial charge < -0.3 is 4.74 Å². The lowest BCUT2D eigenvalue weighted by atomic mass is 9.82. The molecule has 5 nitrogen and oxygen atoms in total. The number of nitrogens with zero attached hydrogens (tertiary/aromatic N) is 3. The summed E-state index contributed by atoms with van der Waals surface area (Å²) >= 11 is 12.3. The molecule has 0 saturated carbocycles. The Hall–Kier alpha value is -2.73. The van der Waals surface area contributed by atoms with Crippen molar-refractivity contribution in [1.29, 1.82) is 0 Å². The highest BCUT2D eigenvalue weighted by atomic mass is 35.5. The molecule has 0 spiro atoms. The van der Waals surface area contributed by atoms with Gasteiger partial charge in [-0.3, -0.25) is 4.79 Å². The number of carbonyl (C=O) groups excluding carboxylic acids is 1. The first-order chi connectivity index (χ1) is 15.0. The summed E-state index contributed by atoms with van der Waals surface area (Å²) in [7, 11) is 1.63. The average Bonchev–Trinajstić information content (AvgIpc) is 3.10. The van der Waals surface area contributed by atoms with Crippen molar-refractivity contribution in [1.82, 2.24) is 14.6 Å². The molecule has 0 saturated heterocycles. The van der Waals surface area contributed by atoms with Crippen LogP contribution in [0.2, 0.25) is 10.0 Å². The number of ether oxygens (including phenoxy) is 1. The molecule has 1 atom stereocenters. The monoisotopic (exact) mass is 451 g/mol. The molecule has 0 N–H and O–H groups in total. The number of methoxy groups -OCH3 is 1. The molecule has 5 rings (SSSR count). The largest absolute Gasteiger partial charge is 0.378 e. The Bertz CT molecular complexity index is 1300. The highest BCUT2D eigenvalue weighted by Gasteiger charge is 2.29. The minimum Gasteiger partial charge on any atom is -0.378 e. The van der Waals surface area contributed by atoms with E-state index in [1.807, 2.05) is 48.5 Å². The number of Topliss-reactive ketones (excluding diaryl/α,β-unsaturated/α-hetero) is 1. The Morgan fingerprint density at radius 2 is 1.90 bits per heavy atom. The van der Waals surface area contributed by atoms with Crippen molar-refractivity contribution in [3.63, 3.8) is 0 Å². The predicted molar refractivity (Wildman–Crippen MR) is 121 cm³/mol. The highest BCUT2D eigenvalue weighted by molar-refractivity contribution is 6.31. The second-order valence-corrected chi connectivity index (χ2v) is 8.59. The SMILES string of the molecule is COCc1nn2cc3c(nc2c1-c1cccc(Cl)c1)CC(c1ccc(Cl)cc1)CC3=O. The quantitative estimate of drug-likeness (QED) is 0.395. The second-order valence-electron chi connectivity index (χ2n) is 7.71. The minimum absolute atomic E-state index is 0.0724. The van der Waals surface area contributed by atoms with Crippen LogP contribution in [0.1, 0.15) is 39.6 Å². The molecular weight excluding hydrogens is 433 g/mol. The van der Waals surface area contributed by atoms with Crippen molar-refractivity contribution in [3.8, 4) is 11.1 Å². The van der Waals surface area contributed by atoms with E-state index in [1.54, 1.807) is 17.8 Å². The van der Waals surface area contributed by atoms with Crippen molar-refractivity contribution in [2.45, 2.75) is 25.4 Å². The molecule has 0 radical (unpaired) electrons. The molecule has 1 aliphatic carbocycles. The molecule has 0 bridgehead atoms. The van der Waals surface area contributed by atoms with Crippen molar-refractivity contribution in [2.24, 2.45) is 0 Å². The first-order valence-corrected chi connectivity index (χ1v) is 10.7. The number of carbonyl (C=O) groups is 1. The van der Waals surface area contributed by atoms with Gasteiger partial charge in [-0.15, -0.1) is 0 Å². The van der Waals surface area contributed by atoms with E-state index in [4.69, 9.17) is 32.9 Å². The summed E-state index contributed by atoms with van der Waals surface area (Å²) < 4.78 is 7.05. The Balaban J connectivity index is 1.65. The lowest BCUT2D eigenvalue weighted by Gasteiger charge is -2.23. The van der Waals surface area contributed by atoms with E-state index in [0.717, 1.165) is 28.1 Å². The van der Waals surface area contributed by atoms with Gasteiger partial charge >= 0.3 is 0 Å². The smallest absolute Gasteiger partial charge is 0.166 e. The lowest BCUT2D eigenvalue weighted by molar-refractivity contribution is 0.0962. The summed E-state index contributed by atoms with van der Waals surface area (Å²) in [5.74, 6) is 0.145. The Kier molecular flexibility index (Phi) is 5.26. The zero-order chi connectivity index (χ0) is 21.5. The molecule has 0 fully saturated rings. The van der Waals surface area contributed by atoms with Gasteiger partial charge in [-0.1, -0.05) is 47.5 Å². The average molecular weight is 452 g/mol. The summed E-state index contributed by atoms with van der Waals surface area (Å²) in [6.45, 7) is 0.331. The lowest BCUT2D eigenvalue weighted by Crippen LogP contribution is -2.21. The third kappa shape index (κ3) is 3.74. The fraction of sp³-hybridized carbons (Fsp3) is 0.208. The van der Waals surface area contributed by atoms with E-state index in [-0.39, 0.29) is 11.7 Å². The van der Waals surface area contributed by atoms with E-state index < -0.39 is 0 Å². The molecule has 7 heteroatoms. The molecule has 0 aliphatic heterocycles. The van der Waals surface area contributed by atoms with Gasteiger partial charge in [0.1, 0.15) is 0 Å². The first kappa shape index (κ1) is 20.2. The van der Waals surface area contributed by atoms with Gasteiger partial charge in [0.05, 0.1) is 29.1 Å². The summed E-state index contributed by atoms with van der Waals surface area (Å²) in [6, 6.07) is 15.3. The van der Waals surface area contributed by atoms with Gasteiger partial charge in [-0.25, -0.2) is 9.50 Å². The third-order valence-electron chi connectivity index (χ3n) is 5.67. The summed E-state index contributed by atoms with van der Waals surface area (Å²) in [6.07, 6.45) is 2.92. The van der Waals surface area contributed by atoms with Crippen LogP contribution < -0.4 is 0 Å². The summed E-state index contributed by atoms with van der Waals surface area (Å²) in [4.78, 5) is 17.9. The van der Waals surface area contributed by atoms with E-state index in [9.17, 15) is 4.79 Å². The Morgan fingerprint density at radius 1 is 1.10 bits per heavy atom. The van der Waals surface area contributed by atoms with E-state index in [2.05, 4.69) is 5.10 Å². The number of halogens is 2. The van der Waals surface area contributed by atoms with Crippen LogP contribution >= 0.6 is 23.2 Å². The van der Waals surface area contributed by atoms with Crippen LogP contribution in [0.3, 0.4) is 0 Å². The van der Waals surface area contributed by atoms with E-state index in [0.29, 0.717) is 40.7 Å². The van der Waals surface area contributed by atoms with E-state index >= 15 is 0 Å². The van der Waals surface area contributed by atoms with Crippen molar-refractivity contribution in [3.05, 3.63) is 87.3 Å². The normalized spacial score (nSPS) is 16.0. The van der Waals surface area contributed by atoms with Crippen LogP contribution in [0, 0.1) is 0 Å². The number of fused-ring (bicyclic) bond motifs is 2. The maximum Gasteiger partial charge on any atom is 0.166 e. The number of hydrogen-bond acceptors (Lipinski definition) is 4. The second kappa shape index (κ2) is 8.08. The van der Waals surface area contributed by atoms with Gasteiger partial charge in [0.15, 0.2) is 11.4 Å². The molecule has 4 aromatic rings. The zero-order valence-corrected chi connectivity index (χ0v) is 18.3. The number of benzene rings is 2. The van der Waals surface area contributed by atoms with Gasteiger partial charge in [-0.2, -0.15) is 5.10 Å². The van der Waals surface area contributed by atoms with Gasteiger partial charge in [-0.05, 0) is 47.7 Å². The standard InChI is InChI=1S/C24H19Cl2N3O2/c1-31-13-21-23(15-3-2-4-18(26)9-15)24-27-20-10-16(14-5-7-17(25)8-6-14)11-22(30)19(20)12-29(24)28-21/h2-9,12,16H,10-11,13H2,1H3. The van der Waals surface area contributed by atoms with Crippen LogP contribution in [0.15, 0.2) is 54.7 Å². The summed E-state index contributed by atoms with van der Waals surface area (Å²) in [5.41, 5.74) is 5.73. The maximum absolute atomic E-state index is 13.0. The molecular formula is C24H19Cl2N3O2. The van der Waals surface area contributed by atoms with Crippen molar-refractivity contribution >= 4 is 34.6 Å². The number of aromatic nitrogens is 3. The number of hydrogen-bond donors (Lipinski definition) is 0. The minimum atomic E-state index is 0.0724. The topological polar surface area (TPSA) is 56.5 Å². The van der Waals surface area contributed by atoms with Gasteiger partial charge in [0.2, 0.25) is 0 Å². The molecule has 1 unspecified atom stereocenters. The Labute approximate surface area is 189 Å². The fourth-order valence-electron chi connectivity index (χ4n) is 4.23. The highest BCUT2D eigenvalue weighted by Crippen LogP contribution is 2.35. The van der Waals surface area contributed by atoms with Crippen LogP contribution in [0.5, 0.6) is 0 Å². The maximum atomic E-state index is 13.0.